The lowest BCUT2D eigenvalue weighted by Crippen LogP contribution is -2.01. The van der Waals surface area contributed by atoms with Crippen LogP contribution in [0.3, 0.4) is 0 Å². The van der Waals surface area contributed by atoms with E-state index in [0.717, 1.165) is 5.75 Å². The van der Waals surface area contributed by atoms with Gasteiger partial charge < -0.3 is 9.47 Å². The van der Waals surface area contributed by atoms with E-state index in [4.69, 9.17) is 9.47 Å². The first kappa shape index (κ1) is 12.7. The van der Waals surface area contributed by atoms with Gasteiger partial charge in [-0.15, -0.1) is 0 Å². The molecule has 0 N–H and O–H groups in total. The van der Waals surface area contributed by atoms with Crippen molar-refractivity contribution in [2.45, 2.75) is 13.8 Å². The van der Waals surface area contributed by atoms with Crippen LogP contribution in [0.15, 0.2) is 48.5 Å². The molecule has 2 heteroatoms. The van der Waals surface area contributed by atoms with Gasteiger partial charge in [-0.1, -0.05) is 42.0 Å². The Morgan fingerprint density at radius 1 is 0.833 bits per heavy atom. The minimum atomic E-state index is 0.306. The standard InChI is InChI=1S/C16H18O2/c1-3-17-12-18-16-10-8-15(9-11-16)14-6-4-13(2)5-7-14/h4-11H,3,12H2,1-2H3. The van der Waals surface area contributed by atoms with Crippen LogP contribution in [0, 0.1) is 6.92 Å². The lowest BCUT2D eigenvalue weighted by molar-refractivity contribution is 0.0224. The van der Waals surface area contributed by atoms with E-state index < -0.39 is 0 Å². The van der Waals surface area contributed by atoms with Crippen LogP contribution in [0.25, 0.3) is 11.1 Å². The molecule has 0 heterocycles. The highest BCUT2D eigenvalue weighted by Crippen LogP contribution is 2.22. The van der Waals surface area contributed by atoms with E-state index in [1.54, 1.807) is 0 Å². The second-order valence-corrected chi connectivity index (χ2v) is 4.15. The Kier molecular flexibility index (Phi) is 4.37. The van der Waals surface area contributed by atoms with E-state index in [1.165, 1.54) is 16.7 Å². The zero-order valence-electron chi connectivity index (χ0n) is 10.8. The van der Waals surface area contributed by atoms with Crippen LogP contribution in [0.5, 0.6) is 5.75 Å². The zero-order valence-corrected chi connectivity index (χ0v) is 10.8. The number of hydrogen-bond donors (Lipinski definition) is 0. The molecule has 0 amide bonds. The normalized spacial score (nSPS) is 10.3. The third-order valence-corrected chi connectivity index (χ3v) is 2.75. The van der Waals surface area contributed by atoms with E-state index in [2.05, 4.69) is 43.3 Å². The highest BCUT2D eigenvalue weighted by Gasteiger charge is 1.98. The molecule has 0 aromatic heterocycles. The smallest absolute Gasteiger partial charge is 0.189 e. The van der Waals surface area contributed by atoms with Gasteiger partial charge in [-0.05, 0) is 37.1 Å². The first-order valence-electron chi connectivity index (χ1n) is 6.17. The quantitative estimate of drug-likeness (QED) is 0.582. The van der Waals surface area contributed by atoms with Crippen molar-refractivity contribution in [2.24, 2.45) is 0 Å². The number of rotatable bonds is 5. The maximum absolute atomic E-state index is 5.43. The summed E-state index contributed by atoms with van der Waals surface area (Å²) in [6.45, 7) is 5.01. The summed E-state index contributed by atoms with van der Waals surface area (Å²) in [7, 11) is 0. The zero-order chi connectivity index (χ0) is 12.8. The SMILES string of the molecule is CCOCOc1ccc(-c2ccc(C)cc2)cc1. The van der Waals surface area contributed by atoms with Gasteiger partial charge >= 0.3 is 0 Å². The molecule has 0 saturated heterocycles. The highest BCUT2D eigenvalue weighted by molar-refractivity contribution is 5.64. The summed E-state index contributed by atoms with van der Waals surface area (Å²) in [6, 6.07) is 16.6. The molecule has 0 spiro atoms. The van der Waals surface area contributed by atoms with Crippen LogP contribution in [0.1, 0.15) is 12.5 Å². The largest absolute Gasteiger partial charge is 0.468 e. The first-order valence-corrected chi connectivity index (χ1v) is 6.17. The van der Waals surface area contributed by atoms with Gasteiger partial charge in [0.2, 0.25) is 0 Å². The predicted molar refractivity (Wildman–Crippen MR) is 73.7 cm³/mol. The lowest BCUT2D eigenvalue weighted by Gasteiger charge is -2.07. The van der Waals surface area contributed by atoms with Crippen LogP contribution in [-0.2, 0) is 4.74 Å². The van der Waals surface area contributed by atoms with Gasteiger partial charge in [0, 0.05) is 6.61 Å². The van der Waals surface area contributed by atoms with Crippen molar-refractivity contribution in [1.82, 2.24) is 0 Å². The summed E-state index contributed by atoms with van der Waals surface area (Å²) in [5.74, 6) is 0.833. The highest BCUT2D eigenvalue weighted by atomic mass is 16.7. The van der Waals surface area contributed by atoms with Crippen LogP contribution in [-0.4, -0.2) is 13.4 Å². The molecule has 0 unspecified atom stereocenters. The summed E-state index contributed by atoms with van der Waals surface area (Å²) in [4.78, 5) is 0. The Labute approximate surface area is 108 Å². The van der Waals surface area contributed by atoms with Gasteiger partial charge in [0.1, 0.15) is 5.75 Å². The van der Waals surface area contributed by atoms with E-state index in [0.29, 0.717) is 13.4 Å². The molecule has 0 radical (unpaired) electrons. The average molecular weight is 242 g/mol. The Bertz CT molecular complexity index is 471. The molecular formula is C16H18O2. The van der Waals surface area contributed by atoms with Crippen molar-refractivity contribution < 1.29 is 9.47 Å². The Morgan fingerprint density at radius 3 is 1.94 bits per heavy atom. The van der Waals surface area contributed by atoms with Crippen LogP contribution < -0.4 is 4.74 Å². The maximum Gasteiger partial charge on any atom is 0.189 e. The van der Waals surface area contributed by atoms with Crippen molar-refractivity contribution in [3.05, 3.63) is 54.1 Å². The second-order valence-electron chi connectivity index (χ2n) is 4.15. The number of benzene rings is 2. The van der Waals surface area contributed by atoms with E-state index in [9.17, 15) is 0 Å². The molecule has 2 aromatic carbocycles. The number of ether oxygens (including phenoxy) is 2. The molecular weight excluding hydrogens is 224 g/mol. The molecule has 0 aliphatic heterocycles. The van der Waals surface area contributed by atoms with E-state index in [1.807, 2.05) is 19.1 Å². The molecule has 0 bridgehead atoms. The van der Waals surface area contributed by atoms with Gasteiger partial charge in [0.05, 0.1) is 0 Å². The molecule has 2 rings (SSSR count). The number of aryl methyl sites for hydroxylation is 1. The topological polar surface area (TPSA) is 18.5 Å². The second kappa shape index (κ2) is 6.22. The maximum atomic E-state index is 5.43. The first-order chi connectivity index (χ1) is 8.79. The van der Waals surface area contributed by atoms with Gasteiger partial charge in [-0.2, -0.15) is 0 Å². The molecule has 0 saturated carbocycles. The van der Waals surface area contributed by atoms with Crippen LogP contribution in [0.4, 0.5) is 0 Å². The molecule has 18 heavy (non-hydrogen) atoms. The summed E-state index contributed by atoms with van der Waals surface area (Å²) in [6.07, 6.45) is 0. The fraction of sp³-hybridized carbons (Fsp3) is 0.250. The lowest BCUT2D eigenvalue weighted by atomic mass is 10.0. The van der Waals surface area contributed by atoms with Gasteiger partial charge in [0.25, 0.3) is 0 Å². The summed E-state index contributed by atoms with van der Waals surface area (Å²) >= 11 is 0. The minimum Gasteiger partial charge on any atom is -0.468 e. The van der Waals surface area contributed by atoms with Crippen LogP contribution >= 0.6 is 0 Å². The van der Waals surface area contributed by atoms with E-state index >= 15 is 0 Å². The molecule has 94 valence electrons. The average Bonchev–Trinajstić information content (AvgIpc) is 2.41. The molecule has 2 nitrogen and oxygen atoms in total. The Hall–Kier alpha value is -1.80. The van der Waals surface area contributed by atoms with Crippen molar-refractivity contribution >= 4 is 0 Å². The van der Waals surface area contributed by atoms with Gasteiger partial charge in [0.15, 0.2) is 6.79 Å². The summed E-state index contributed by atoms with van der Waals surface area (Å²) in [5.41, 5.74) is 3.69. The Balaban J connectivity index is 2.05. The molecule has 0 atom stereocenters. The van der Waals surface area contributed by atoms with Crippen molar-refractivity contribution in [3.63, 3.8) is 0 Å². The van der Waals surface area contributed by atoms with E-state index in [-0.39, 0.29) is 0 Å². The third kappa shape index (κ3) is 3.34. The third-order valence-electron chi connectivity index (χ3n) is 2.75. The Morgan fingerprint density at radius 2 is 1.39 bits per heavy atom. The fourth-order valence-electron chi connectivity index (χ4n) is 1.68. The van der Waals surface area contributed by atoms with Crippen molar-refractivity contribution in [1.29, 1.82) is 0 Å². The molecule has 0 aliphatic carbocycles. The van der Waals surface area contributed by atoms with Crippen molar-refractivity contribution in [3.8, 4) is 16.9 Å². The number of hydrogen-bond acceptors (Lipinski definition) is 2. The van der Waals surface area contributed by atoms with Crippen molar-refractivity contribution in [2.75, 3.05) is 13.4 Å². The molecule has 0 fully saturated rings. The summed E-state index contributed by atoms with van der Waals surface area (Å²) in [5, 5.41) is 0. The molecule has 2 aromatic rings. The monoisotopic (exact) mass is 242 g/mol. The summed E-state index contributed by atoms with van der Waals surface area (Å²) < 4.78 is 10.6. The fourth-order valence-corrected chi connectivity index (χ4v) is 1.68. The molecule has 0 aliphatic rings. The van der Waals surface area contributed by atoms with Gasteiger partial charge in [-0.3, -0.25) is 0 Å². The van der Waals surface area contributed by atoms with Gasteiger partial charge in [-0.25, -0.2) is 0 Å². The predicted octanol–water partition coefficient (Wildman–Crippen LogP) is 4.03. The minimum absolute atomic E-state index is 0.306. The van der Waals surface area contributed by atoms with Crippen LogP contribution in [0.2, 0.25) is 0 Å².